The molecule has 2 aromatic rings. The molecule has 0 unspecified atom stereocenters. The van der Waals surface area contributed by atoms with Crippen molar-refractivity contribution in [1.29, 1.82) is 0 Å². The van der Waals surface area contributed by atoms with Crippen LogP contribution in [0.1, 0.15) is 5.56 Å². The van der Waals surface area contributed by atoms with E-state index in [4.69, 9.17) is 0 Å². The van der Waals surface area contributed by atoms with Gasteiger partial charge in [0.1, 0.15) is 0 Å². The van der Waals surface area contributed by atoms with Crippen molar-refractivity contribution in [3.05, 3.63) is 56.9 Å². The Morgan fingerprint density at radius 1 is 1.26 bits per heavy atom. The Hall–Kier alpha value is -1.60. The second-order valence-corrected chi connectivity index (χ2v) is 6.36. The van der Waals surface area contributed by atoms with E-state index in [9.17, 15) is 13.2 Å². The zero-order valence-electron chi connectivity index (χ0n) is 9.98. The summed E-state index contributed by atoms with van der Waals surface area (Å²) in [5, 5.41) is 0. The molecule has 19 heavy (non-hydrogen) atoms. The van der Waals surface area contributed by atoms with Gasteiger partial charge in [0.2, 0.25) is 5.43 Å². The van der Waals surface area contributed by atoms with E-state index in [1.54, 1.807) is 12.1 Å². The minimum atomic E-state index is -3.91. The van der Waals surface area contributed by atoms with E-state index in [-0.39, 0.29) is 4.90 Å². The summed E-state index contributed by atoms with van der Waals surface area (Å²) in [6.07, 6.45) is 2.54. The van der Waals surface area contributed by atoms with Crippen LogP contribution in [-0.2, 0) is 10.0 Å². The summed E-state index contributed by atoms with van der Waals surface area (Å²) in [5.41, 5.74) is 0.723. The summed E-state index contributed by atoms with van der Waals surface area (Å²) in [6, 6.07) is 6.36. The van der Waals surface area contributed by atoms with Gasteiger partial charge < -0.3 is 4.98 Å². The summed E-state index contributed by atoms with van der Waals surface area (Å²) in [6.45, 7) is 1.84. The molecule has 0 bridgehead atoms. The largest absolute Gasteiger partial charge is 0.366 e. The number of pyridine rings is 1. The molecule has 7 heteroatoms. The highest BCUT2D eigenvalue weighted by molar-refractivity contribution is 9.10. The number of aromatic amines is 1. The SMILES string of the molecule is Cc1cccc(NS(=O)(=O)c2c[nH]ccc2=O)c1Br. The van der Waals surface area contributed by atoms with Crippen LogP contribution in [0.5, 0.6) is 0 Å². The van der Waals surface area contributed by atoms with Crippen LogP contribution < -0.4 is 10.2 Å². The second-order valence-electron chi connectivity index (χ2n) is 3.91. The van der Waals surface area contributed by atoms with E-state index >= 15 is 0 Å². The molecule has 0 saturated heterocycles. The van der Waals surface area contributed by atoms with Gasteiger partial charge in [-0.3, -0.25) is 9.52 Å². The lowest BCUT2D eigenvalue weighted by atomic mass is 10.2. The van der Waals surface area contributed by atoms with Gasteiger partial charge in [0.15, 0.2) is 4.90 Å². The number of hydrogen-bond acceptors (Lipinski definition) is 3. The predicted molar refractivity (Wildman–Crippen MR) is 76.8 cm³/mol. The monoisotopic (exact) mass is 342 g/mol. The van der Waals surface area contributed by atoms with Gasteiger partial charge >= 0.3 is 0 Å². The molecule has 1 aromatic heterocycles. The Balaban J connectivity index is 2.46. The second kappa shape index (κ2) is 5.18. The third kappa shape index (κ3) is 2.87. The molecule has 0 saturated carbocycles. The zero-order chi connectivity index (χ0) is 14.0. The molecule has 100 valence electrons. The van der Waals surface area contributed by atoms with E-state index in [1.807, 2.05) is 13.0 Å². The number of anilines is 1. The fraction of sp³-hybridized carbons (Fsp3) is 0.0833. The maximum atomic E-state index is 12.1. The fourth-order valence-electron chi connectivity index (χ4n) is 1.54. The molecule has 5 nitrogen and oxygen atoms in total. The maximum absolute atomic E-state index is 12.1. The Bertz CT molecular complexity index is 769. The predicted octanol–water partition coefficient (Wildman–Crippen LogP) is 2.25. The molecule has 0 radical (unpaired) electrons. The maximum Gasteiger partial charge on any atom is 0.267 e. The van der Waals surface area contributed by atoms with E-state index in [1.165, 1.54) is 12.3 Å². The van der Waals surface area contributed by atoms with E-state index in [0.717, 1.165) is 11.8 Å². The number of sulfonamides is 1. The first kappa shape index (κ1) is 13.8. The van der Waals surface area contributed by atoms with Crippen LogP contribution >= 0.6 is 15.9 Å². The molecule has 0 atom stereocenters. The van der Waals surface area contributed by atoms with Crippen LogP contribution in [0.3, 0.4) is 0 Å². The number of aromatic nitrogens is 1. The first-order chi connectivity index (χ1) is 8.92. The smallest absolute Gasteiger partial charge is 0.267 e. The van der Waals surface area contributed by atoms with Gasteiger partial charge in [0, 0.05) is 22.9 Å². The molecule has 0 fully saturated rings. The number of H-pyrrole nitrogens is 1. The molecule has 1 aromatic carbocycles. The van der Waals surface area contributed by atoms with Gasteiger partial charge in [0.05, 0.1) is 5.69 Å². The quantitative estimate of drug-likeness (QED) is 0.897. The van der Waals surface area contributed by atoms with Crippen molar-refractivity contribution in [2.24, 2.45) is 0 Å². The number of halogens is 1. The molecule has 2 N–H and O–H groups in total. The van der Waals surface area contributed by atoms with Crippen molar-refractivity contribution in [2.45, 2.75) is 11.8 Å². The molecule has 0 aliphatic heterocycles. The van der Waals surface area contributed by atoms with Crippen LogP contribution in [0.4, 0.5) is 5.69 Å². The minimum Gasteiger partial charge on any atom is -0.366 e. The van der Waals surface area contributed by atoms with Gasteiger partial charge in [-0.1, -0.05) is 12.1 Å². The summed E-state index contributed by atoms with van der Waals surface area (Å²) in [5.74, 6) is 0. The van der Waals surface area contributed by atoms with Gasteiger partial charge in [-0.2, -0.15) is 0 Å². The van der Waals surface area contributed by atoms with Gasteiger partial charge in [0.25, 0.3) is 10.0 Å². The summed E-state index contributed by atoms with van der Waals surface area (Å²) in [7, 11) is -3.91. The Labute approximate surface area is 118 Å². The third-order valence-electron chi connectivity index (χ3n) is 2.51. The highest BCUT2D eigenvalue weighted by Gasteiger charge is 2.19. The molecular formula is C12H11BrN2O3S. The van der Waals surface area contributed by atoms with Gasteiger partial charge in [-0.05, 0) is 34.5 Å². The summed E-state index contributed by atoms with van der Waals surface area (Å²) >= 11 is 3.31. The van der Waals surface area contributed by atoms with Crippen LogP contribution in [0, 0.1) is 6.92 Å². The van der Waals surface area contributed by atoms with Crippen molar-refractivity contribution in [3.8, 4) is 0 Å². The van der Waals surface area contributed by atoms with Crippen molar-refractivity contribution >= 4 is 31.6 Å². The average molecular weight is 343 g/mol. The molecule has 1 heterocycles. The van der Waals surface area contributed by atoms with Crippen molar-refractivity contribution in [2.75, 3.05) is 4.72 Å². The van der Waals surface area contributed by atoms with E-state index < -0.39 is 15.5 Å². The standard InChI is InChI=1S/C12H11BrN2O3S/c1-8-3-2-4-9(12(8)13)15-19(17,18)11-7-14-6-5-10(11)16/h2-7,15H,1H3,(H,14,16). The molecule has 0 spiro atoms. The van der Waals surface area contributed by atoms with Gasteiger partial charge in [-0.15, -0.1) is 0 Å². The van der Waals surface area contributed by atoms with Crippen LogP contribution in [0.15, 0.2) is 50.8 Å². The minimum absolute atomic E-state index is 0.316. The first-order valence-corrected chi connectivity index (χ1v) is 7.64. The Morgan fingerprint density at radius 2 is 2.00 bits per heavy atom. The Kier molecular flexibility index (Phi) is 3.77. The number of hydrogen-bond donors (Lipinski definition) is 2. The molecule has 2 rings (SSSR count). The van der Waals surface area contributed by atoms with Crippen molar-refractivity contribution in [1.82, 2.24) is 4.98 Å². The highest BCUT2D eigenvalue weighted by atomic mass is 79.9. The van der Waals surface area contributed by atoms with Crippen LogP contribution in [-0.4, -0.2) is 13.4 Å². The van der Waals surface area contributed by atoms with E-state index in [2.05, 4.69) is 25.6 Å². The molecular weight excluding hydrogens is 332 g/mol. The summed E-state index contributed by atoms with van der Waals surface area (Å²) < 4.78 is 27.3. The zero-order valence-corrected chi connectivity index (χ0v) is 12.4. The van der Waals surface area contributed by atoms with Crippen molar-refractivity contribution in [3.63, 3.8) is 0 Å². The number of rotatable bonds is 3. The molecule has 0 aliphatic rings. The number of aryl methyl sites for hydroxylation is 1. The molecule has 0 aliphatic carbocycles. The summed E-state index contributed by atoms with van der Waals surface area (Å²) in [4.78, 5) is 13.8. The van der Waals surface area contributed by atoms with Crippen LogP contribution in [0.25, 0.3) is 0 Å². The van der Waals surface area contributed by atoms with Crippen LogP contribution in [0.2, 0.25) is 0 Å². The van der Waals surface area contributed by atoms with Crippen molar-refractivity contribution < 1.29 is 8.42 Å². The van der Waals surface area contributed by atoms with E-state index in [0.29, 0.717) is 10.2 Å². The average Bonchev–Trinajstić information content (AvgIpc) is 2.35. The lowest BCUT2D eigenvalue weighted by molar-refractivity contribution is 0.600. The molecule has 0 amide bonds. The number of benzene rings is 1. The fourth-order valence-corrected chi connectivity index (χ4v) is 3.16. The topological polar surface area (TPSA) is 79.0 Å². The van der Waals surface area contributed by atoms with Gasteiger partial charge in [-0.25, -0.2) is 8.42 Å². The Morgan fingerprint density at radius 3 is 2.68 bits per heavy atom. The number of nitrogens with one attached hydrogen (secondary N) is 2. The third-order valence-corrected chi connectivity index (χ3v) is 4.95. The lowest BCUT2D eigenvalue weighted by Gasteiger charge is -2.10. The first-order valence-electron chi connectivity index (χ1n) is 5.37. The highest BCUT2D eigenvalue weighted by Crippen LogP contribution is 2.27. The lowest BCUT2D eigenvalue weighted by Crippen LogP contribution is -2.21. The normalized spacial score (nSPS) is 11.3.